The lowest BCUT2D eigenvalue weighted by atomic mass is 10.1. The third-order valence-electron chi connectivity index (χ3n) is 4.75. The van der Waals surface area contributed by atoms with Gasteiger partial charge in [-0.2, -0.15) is 0 Å². The lowest BCUT2D eigenvalue weighted by Gasteiger charge is -2.09. The van der Waals surface area contributed by atoms with E-state index < -0.39 is 0 Å². The molecule has 0 fully saturated rings. The lowest BCUT2D eigenvalue weighted by molar-refractivity contribution is -0.140. The van der Waals surface area contributed by atoms with Gasteiger partial charge in [0.2, 0.25) is 0 Å². The molecule has 0 aromatic carbocycles. The van der Waals surface area contributed by atoms with Gasteiger partial charge in [0.1, 0.15) is 0 Å². The van der Waals surface area contributed by atoms with Crippen molar-refractivity contribution in [2.24, 2.45) is 0 Å². The molecule has 1 N–H and O–H groups in total. The number of allylic oxidation sites excluding steroid dienone is 1. The van der Waals surface area contributed by atoms with Crippen LogP contribution in [0.5, 0.6) is 0 Å². The summed E-state index contributed by atoms with van der Waals surface area (Å²) in [5.74, 6) is -0.101. The highest BCUT2D eigenvalue weighted by Gasteiger charge is 2.01. The molecule has 0 saturated heterocycles. The van der Waals surface area contributed by atoms with Gasteiger partial charge in [-0.25, -0.2) is 0 Å². The van der Waals surface area contributed by atoms with Crippen molar-refractivity contribution in [3.63, 3.8) is 0 Å². The maximum atomic E-state index is 10.9. The summed E-state index contributed by atoms with van der Waals surface area (Å²) in [6, 6.07) is 0. The summed E-state index contributed by atoms with van der Waals surface area (Å²) >= 11 is 0. The molecule has 0 radical (unpaired) electrons. The molecule has 0 unspecified atom stereocenters. The molecule has 1 atom stereocenters. The number of esters is 1. The van der Waals surface area contributed by atoms with E-state index in [0.29, 0.717) is 6.42 Å². The average molecular weight is 431 g/mol. The summed E-state index contributed by atoms with van der Waals surface area (Å²) in [7, 11) is 1.44. The number of carbonyl (C=O) groups excluding carboxylic acids is 1. The number of carbonyl (C=O) groups is 1. The van der Waals surface area contributed by atoms with Crippen LogP contribution in [0.3, 0.4) is 0 Å². The Labute approximate surface area is 186 Å². The Morgan fingerprint density at radius 3 is 2.07 bits per heavy atom. The van der Waals surface area contributed by atoms with Crippen molar-refractivity contribution in [1.82, 2.24) is 0 Å². The zero-order valence-electron chi connectivity index (χ0n) is 20.5. The molecule has 180 valence electrons. The number of hydrogen-bond donors (Lipinski definition) is 1. The van der Waals surface area contributed by atoms with E-state index in [1.807, 2.05) is 20.8 Å². The van der Waals surface area contributed by atoms with Crippen molar-refractivity contribution in [2.75, 3.05) is 20.3 Å². The molecule has 0 bridgehead atoms. The van der Waals surface area contributed by atoms with Crippen LogP contribution in [0.4, 0.5) is 0 Å². The van der Waals surface area contributed by atoms with Crippen LogP contribution >= 0.6 is 0 Å². The minimum Gasteiger partial charge on any atom is -0.469 e. The Hall–Kier alpha value is -0.910. The maximum absolute atomic E-state index is 10.9. The fourth-order valence-electron chi connectivity index (χ4n) is 2.98. The number of aliphatic hydroxyl groups is 1. The van der Waals surface area contributed by atoms with Crippen LogP contribution in [-0.4, -0.2) is 43.8 Å². The molecule has 0 aromatic heterocycles. The van der Waals surface area contributed by atoms with Crippen LogP contribution < -0.4 is 0 Å². The largest absolute Gasteiger partial charge is 0.469 e. The first kappa shape index (κ1) is 31.3. The van der Waals surface area contributed by atoms with Crippen molar-refractivity contribution in [2.45, 2.75) is 124 Å². The fraction of sp³-hybridized carbons (Fsp3) is 0.880. The first-order valence-corrected chi connectivity index (χ1v) is 12.1. The number of ether oxygens (including phenoxy) is 3. The predicted octanol–water partition coefficient (Wildman–Crippen LogP) is 6.57. The van der Waals surface area contributed by atoms with Gasteiger partial charge in [-0.15, -0.1) is 0 Å². The predicted molar refractivity (Wildman–Crippen MR) is 126 cm³/mol. The molecule has 0 aliphatic heterocycles. The summed E-state index contributed by atoms with van der Waals surface area (Å²) in [6.07, 6.45) is 18.1. The summed E-state index contributed by atoms with van der Waals surface area (Å²) in [5, 5.41) is 9.82. The van der Waals surface area contributed by atoms with E-state index in [1.54, 1.807) is 0 Å². The third kappa shape index (κ3) is 27.1. The van der Waals surface area contributed by atoms with Crippen LogP contribution in [0.25, 0.3) is 0 Å². The Bertz CT molecular complexity index is 365. The smallest absolute Gasteiger partial charge is 0.305 e. The van der Waals surface area contributed by atoms with Crippen molar-refractivity contribution in [3.8, 4) is 0 Å². The van der Waals surface area contributed by atoms with Gasteiger partial charge >= 0.3 is 5.97 Å². The van der Waals surface area contributed by atoms with Gasteiger partial charge in [-0.05, 0) is 52.9 Å². The molecule has 5 nitrogen and oxygen atoms in total. The lowest BCUT2D eigenvalue weighted by Crippen LogP contribution is -2.11. The van der Waals surface area contributed by atoms with E-state index in [2.05, 4.69) is 23.8 Å². The van der Waals surface area contributed by atoms with Gasteiger partial charge < -0.3 is 19.3 Å². The zero-order valence-corrected chi connectivity index (χ0v) is 20.5. The van der Waals surface area contributed by atoms with Gasteiger partial charge in [0, 0.05) is 19.6 Å². The van der Waals surface area contributed by atoms with E-state index in [0.717, 1.165) is 51.7 Å². The van der Waals surface area contributed by atoms with Crippen LogP contribution in [0, 0.1) is 0 Å². The van der Waals surface area contributed by atoms with Crippen molar-refractivity contribution < 1.29 is 24.1 Å². The minimum atomic E-state index is -0.161. The van der Waals surface area contributed by atoms with Crippen LogP contribution in [-0.2, 0) is 19.0 Å². The molecular formula is C25H50O5. The van der Waals surface area contributed by atoms with E-state index in [9.17, 15) is 9.90 Å². The van der Waals surface area contributed by atoms with Gasteiger partial charge in [0.15, 0.2) is 6.29 Å². The van der Waals surface area contributed by atoms with Crippen LogP contribution in [0.1, 0.15) is 111 Å². The summed E-state index contributed by atoms with van der Waals surface area (Å²) in [6.45, 7) is 9.46. The van der Waals surface area contributed by atoms with E-state index in [4.69, 9.17) is 9.47 Å². The Kier molecular flexibility index (Phi) is 27.2. The Morgan fingerprint density at radius 2 is 1.47 bits per heavy atom. The third-order valence-corrected chi connectivity index (χ3v) is 4.75. The van der Waals surface area contributed by atoms with E-state index >= 15 is 0 Å². The summed E-state index contributed by atoms with van der Waals surface area (Å²) in [4.78, 5) is 10.9. The second kappa shape index (κ2) is 26.1. The molecule has 0 aromatic rings. The van der Waals surface area contributed by atoms with Gasteiger partial charge in [0.25, 0.3) is 0 Å². The number of rotatable bonds is 19. The molecule has 5 heteroatoms. The van der Waals surface area contributed by atoms with E-state index in [1.165, 1.54) is 45.6 Å². The second-order valence-electron chi connectivity index (χ2n) is 7.57. The first-order chi connectivity index (χ1) is 14.5. The minimum absolute atomic E-state index is 0.0370. The highest BCUT2D eigenvalue weighted by atomic mass is 16.7. The second-order valence-corrected chi connectivity index (χ2v) is 7.57. The molecule has 0 rings (SSSR count). The first-order valence-electron chi connectivity index (χ1n) is 12.1. The van der Waals surface area contributed by atoms with Crippen molar-refractivity contribution in [3.05, 3.63) is 12.2 Å². The molecule has 0 heterocycles. The molecule has 0 saturated carbocycles. The van der Waals surface area contributed by atoms with E-state index in [-0.39, 0.29) is 18.4 Å². The zero-order chi connectivity index (χ0) is 22.9. The molecule has 0 aliphatic carbocycles. The van der Waals surface area contributed by atoms with Crippen molar-refractivity contribution >= 4 is 5.97 Å². The number of hydrogen-bond acceptors (Lipinski definition) is 5. The summed E-state index contributed by atoms with van der Waals surface area (Å²) < 4.78 is 14.7. The highest BCUT2D eigenvalue weighted by molar-refractivity contribution is 5.68. The monoisotopic (exact) mass is 430 g/mol. The topological polar surface area (TPSA) is 65.0 Å². The van der Waals surface area contributed by atoms with Gasteiger partial charge in [0.05, 0.1) is 13.2 Å². The SMILES string of the molecule is CCCCCC[C@@H](O)C/C=C\CCCCCCCC(=O)OC.CCOC(C)OCC. The molecule has 0 aliphatic rings. The molecular weight excluding hydrogens is 380 g/mol. The average Bonchev–Trinajstić information content (AvgIpc) is 2.73. The van der Waals surface area contributed by atoms with Gasteiger partial charge in [-0.1, -0.05) is 64.0 Å². The van der Waals surface area contributed by atoms with Crippen LogP contribution in [0.15, 0.2) is 12.2 Å². The number of unbranched alkanes of at least 4 members (excludes halogenated alkanes) is 8. The van der Waals surface area contributed by atoms with Crippen LogP contribution in [0.2, 0.25) is 0 Å². The fourth-order valence-corrected chi connectivity index (χ4v) is 2.98. The maximum Gasteiger partial charge on any atom is 0.305 e. The van der Waals surface area contributed by atoms with Gasteiger partial charge in [-0.3, -0.25) is 4.79 Å². The quantitative estimate of drug-likeness (QED) is 0.109. The standard InChI is InChI=1S/C19H36O3.C6H14O2/c1-3-4-5-12-15-18(20)16-13-10-8-6-7-9-11-14-17-19(21)22-2;1-4-7-6(3)8-5-2/h10,13,18,20H,3-9,11-12,14-17H2,1-2H3;6H,4-5H2,1-3H3/b13-10-;/t18-;/m1./s1. The molecule has 30 heavy (non-hydrogen) atoms. The summed E-state index contributed by atoms with van der Waals surface area (Å²) in [5.41, 5.74) is 0. The molecule has 0 spiro atoms. The van der Waals surface area contributed by atoms with Crippen molar-refractivity contribution in [1.29, 1.82) is 0 Å². The normalized spacial score (nSPS) is 12.1. The number of aliphatic hydroxyl groups excluding tert-OH is 1. The Morgan fingerprint density at radius 1 is 0.867 bits per heavy atom. The molecule has 0 amide bonds. The number of methoxy groups -OCH3 is 1. The highest BCUT2D eigenvalue weighted by Crippen LogP contribution is 2.10. The Balaban J connectivity index is 0.